The molecule has 0 saturated heterocycles. The zero-order chi connectivity index (χ0) is 14.6. The van der Waals surface area contributed by atoms with Crippen LogP contribution in [0.25, 0.3) is 0 Å². The van der Waals surface area contributed by atoms with Crippen LogP contribution in [0.3, 0.4) is 0 Å². The van der Waals surface area contributed by atoms with E-state index < -0.39 is 10.0 Å². The molecule has 2 N–H and O–H groups in total. The van der Waals surface area contributed by atoms with Gasteiger partial charge in [0.2, 0.25) is 10.0 Å². The molecule has 0 spiro atoms. The zero-order valence-corrected chi connectivity index (χ0v) is 12.0. The zero-order valence-electron chi connectivity index (χ0n) is 11.2. The first kappa shape index (κ1) is 14.7. The molecule has 0 atom stereocenters. The molecular weight excluding hydrogens is 274 g/mol. The third-order valence-corrected chi connectivity index (χ3v) is 4.55. The van der Waals surface area contributed by atoms with Gasteiger partial charge in [0.1, 0.15) is 0 Å². The van der Waals surface area contributed by atoms with Gasteiger partial charge in [0, 0.05) is 6.54 Å². The molecule has 5 heteroatoms. The fourth-order valence-corrected chi connectivity index (χ4v) is 2.85. The lowest BCUT2D eigenvalue weighted by atomic mass is 10.1. The Labute approximate surface area is 119 Å². The van der Waals surface area contributed by atoms with Crippen LogP contribution >= 0.6 is 0 Å². The predicted molar refractivity (Wildman–Crippen MR) is 77.6 cm³/mol. The van der Waals surface area contributed by atoms with Crippen LogP contribution < -0.4 is 4.72 Å². The molecule has 2 aromatic rings. The molecule has 4 nitrogen and oxygen atoms in total. The number of hydrogen-bond acceptors (Lipinski definition) is 3. The number of aliphatic hydroxyl groups is 1. The van der Waals surface area contributed by atoms with Crippen molar-refractivity contribution in [2.75, 3.05) is 0 Å². The van der Waals surface area contributed by atoms with Crippen LogP contribution in [0.5, 0.6) is 0 Å². The SMILES string of the molecule is Cc1ccccc1CNS(=O)(=O)c1ccc(CO)cc1. The van der Waals surface area contributed by atoms with E-state index in [2.05, 4.69) is 4.72 Å². The average Bonchev–Trinajstić information content (AvgIpc) is 2.46. The summed E-state index contributed by atoms with van der Waals surface area (Å²) in [6.45, 7) is 2.10. The molecule has 0 aliphatic heterocycles. The minimum Gasteiger partial charge on any atom is -0.392 e. The van der Waals surface area contributed by atoms with Crippen LogP contribution in [-0.2, 0) is 23.2 Å². The third-order valence-electron chi connectivity index (χ3n) is 3.13. The Bertz CT molecular complexity index is 679. The molecule has 2 aromatic carbocycles. The summed E-state index contributed by atoms with van der Waals surface area (Å²) >= 11 is 0. The number of nitrogens with one attached hydrogen (secondary N) is 1. The molecule has 0 amide bonds. The second-order valence-electron chi connectivity index (χ2n) is 4.55. The first-order valence-corrected chi connectivity index (χ1v) is 7.75. The van der Waals surface area contributed by atoms with E-state index in [9.17, 15) is 8.42 Å². The van der Waals surface area contributed by atoms with Gasteiger partial charge in [0.25, 0.3) is 0 Å². The maximum atomic E-state index is 12.1. The Morgan fingerprint density at radius 1 is 1.05 bits per heavy atom. The molecule has 0 saturated carbocycles. The van der Waals surface area contributed by atoms with Gasteiger partial charge in [0.05, 0.1) is 11.5 Å². The lowest BCUT2D eigenvalue weighted by Gasteiger charge is -2.09. The highest BCUT2D eigenvalue weighted by Gasteiger charge is 2.13. The lowest BCUT2D eigenvalue weighted by Crippen LogP contribution is -2.23. The van der Waals surface area contributed by atoms with E-state index in [1.54, 1.807) is 12.1 Å². The van der Waals surface area contributed by atoms with Crippen molar-refractivity contribution in [1.29, 1.82) is 0 Å². The molecule has 0 unspecified atom stereocenters. The molecule has 2 rings (SSSR count). The summed E-state index contributed by atoms with van der Waals surface area (Å²) in [5.74, 6) is 0. The van der Waals surface area contributed by atoms with Gasteiger partial charge in [-0.3, -0.25) is 0 Å². The largest absolute Gasteiger partial charge is 0.392 e. The van der Waals surface area contributed by atoms with Crippen molar-refractivity contribution in [2.24, 2.45) is 0 Å². The normalized spacial score (nSPS) is 11.5. The van der Waals surface area contributed by atoms with Crippen molar-refractivity contribution in [2.45, 2.75) is 25.0 Å². The Kier molecular flexibility index (Phi) is 4.54. The Morgan fingerprint density at radius 2 is 1.70 bits per heavy atom. The van der Waals surface area contributed by atoms with Crippen molar-refractivity contribution >= 4 is 10.0 Å². The van der Waals surface area contributed by atoms with Crippen LogP contribution in [0.15, 0.2) is 53.4 Å². The van der Waals surface area contributed by atoms with Gasteiger partial charge >= 0.3 is 0 Å². The summed E-state index contributed by atoms with van der Waals surface area (Å²) < 4.78 is 26.9. The van der Waals surface area contributed by atoms with Gasteiger partial charge in [-0.2, -0.15) is 0 Å². The molecule has 0 aliphatic carbocycles. The molecular formula is C15H17NO3S. The number of benzene rings is 2. The predicted octanol–water partition coefficient (Wildman–Crippen LogP) is 1.97. The second kappa shape index (κ2) is 6.17. The molecule has 106 valence electrons. The van der Waals surface area contributed by atoms with Crippen LogP contribution in [-0.4, -0.2) is 13.5 Å². The number of aryl methyl sites for hydroxylation is 1. The number of aliphatic hydroxyl groups excluding tert-OH is 1. The van der Waals surface area contributed by atoms with E-state index in [0.717, 1.165) is 11.1 Å². The molecule has 0 fully saturated rings. The van der Waals surface area contributed by atoms with Gasteiger partial charge in [0.15, 0.2) is 0 Å². The quantitative estimate of drug-likeness (QED) is 0.885. The highest BCUT2D eigenvalue weighted by molar-refractivity contribution is 7.89. The fourth-order valence-electron chi connectivity index (χ4n) is 1.84. The summed E-state index contributed by atoms with van der Waals surface area (Å²) in [5, 5.41) is 8.95. The van der Waals surface area contributed by atoms with Crippen LogP contribution in [0.1, 0.15) is 16.7 Å². The van der Waals surface area contributed by atoms with Crippen LogP contribution in [0, 0.1) is 6.92 Å². The summed E-state index contributed by atoms with van der Waals surface area (Å²) in [6.07, 6.45) is 0. The summed E-state index contributed by atoms with van der Waals surface area (Å²) in [5.41, 5.74) is 2.68. The van der Waals surface area contributed by atoms with Gasteiger partial charge in [-0.1, -0.05) is 36.4 Å². The van der Waals surface area contributed by atoms with E-state index in [0.29, 0.717) is 5.56 Å². The van der Waals surface area contributed by atoms with Crippen molar-refractivity contribution in [3.63, 3.8) is 0 Å². The summed E-state index contributed by atoms with van der Waals surface area (Å²) in [4.78, 5) is 0.197. The summed E-state index contributed by atoms with van der Waals surface area (Å²) in [7, 11) is -3.53. The molecule has 0 radical (unpaired) electrons. The highest BCUT2D eigenvalue weighted by atomic mass is 32.2. The minimum atomic E-state index is -3.53. The topological polar surface area (TPSA) is 66.4 Å². The maximum absolute atomic E-state index is 12.1. The van der Waals surface area contributed by atoms with Crippen molar-refractivity contribution in [1.82, 2.24) is 4.72 Å². The van der Waals surface area contributed by atoms with Gasteiger partial charge in [-0.05, 0) is 35.7 Å². The van der Waals surface area contributed by atoms with E-state index in [1.165, 1.54) is 12.1 Å². The van der Waals surface area contributed by atoms with Gasteiger partial charge < -0.3 is 5.11 Å². The lowest BCUT2D eigenvalue weighted by molar-refractivity contribution is 0.282. The number of sulfonamides is 1. The number of rotatable bonds is 5. The highest BCUT2D eigenvalue weighted by Crippen LogP contribution is 2.12. The van der Waals surface area contributed by atoms with Crippen LogP contribution in [0.4, 0.5) is 0 Å². The molecule has 20 heavy (non-hydrogen) atoms. The Morgan fingerprint density at radius 3 is 2.30 bits per heavy atom. The van der Waals surface area contributed by atoms with Crippen molar-refractivity contribution in [3.8, 4) is 0 Å². The van der Waals surface area contributed by atoms with Gasteiger partial charge in [-0.25, -0.2) is 13.1 Å². The van der Waals surface area contributed by atoms with E-state index in [-0.39, 0.29) is 18.0 Å². The third kappa shape index (κ3) is 3.45. The first-order valence-electron chi connectivity index (χ1n) is 6.27. The monoisotopic (exact) mass is 291 g/mol. The molecule has 0 aliphatic rings. The fraction of sp³-hybridized carbons (Fsp3) is 0.200. The summed E-state index contributed by atoms with van der Waals surface area (Å²) in [6, 6.07) is 13.8. The first-order chi connectivity index (χ1) is 9.53. The van der Waals surface area contributed by atoms with E-state index in [4.69, 9.17) is 5.11 Å². The van der Waals surface area contributed by atoms with E-state index in [1.807, 2.05) is 31.2 Å². The smallest absolute Gasteiger partial charge is 0.240 e. The minimum absolute atomic E-state index is 0.100. The molecule has 0 bridgehead atoms. The Balaban J connectivity index is 2.13. The molecule has 0 heterocycles. The van der Waals surface area contributed by atoms with Crippen molar-refractivity contribution < 1.29 is 13.5 Å². The van der Waals surface area contributed by atoms with Crippen LogP contribution in [0.2, 0.25) is 0 Å². The maximum Gasteiger partial charge on any atom is 0.240 e. The molecule has 0 aromatic heterocycles. The van der Waals surface area contributed by atoms with E-state index >= 15 is 0 Å². The second-order valence-corrected chi connectivity index (χ2v) is 6.32. The Hall–Kier alpha value is -1.69. The number of hydrogen-bond donors (Lipinski definition) is 2. The average molecular weight is 291 g/mol. The van der Waals surface area contributed by atoms with Gasteiger partial charge in [-0.15, -0.1) is 0 Å². The van der Waals surface area contributed by atoms with Crippen molar-refractivity contribution in [3.05, 3.63) is 65.2 Å². The standard InChI is InChI=1S/C15H17NO3S/c1-12-4-2-3-5-14(12)10-16-20(18,19)15-8-6-13(11-17)7-9-15/h2-9,16-17H,10-11H2,1H3.